The van der Waals surface area contributed by atoms with Crippen molar-refractivity contribution in [2.75, 3.05) is 24.2 Å². The van der Waals surface area contributed by atoms with Gasteiger partial charge in [-0.2, -0.15) is 0 Å². The Labute approximate surface area is 110 Å². The molecule has 0 saturated heterocycles. The highest BCUT2D eigenvalue weighted by atomic mass is 32.2. The van der Waals surface area contributed by atoms with Crippen molar-refractivity contribution in [1.29, 1.82) is 0 Å². The van der Waals surface area contributed by atoms with Crippen molar-refractivity contribution in [3.63, 3.8) is 0 Å². The Kier molecular flexibility index (Phi) is 3.58. The number of carbonyl (C=O) groups excluding carboxylic acids is 2. The molecular weight excluding hydrogens is 250 g/mol. The minimum absolute atomic E-state index is 0.122. The summed E-state index contributed by atoms with van der Waals surface area (Å²) in [4.78, 5) is 26.3. The van der Waals surface area contributed by atoms with E-state index in [0.29, 0.717) is 11.4 Å². The molecule has 2 amide bonds. The fraction of sp³-hybridized carbons (Fsp3) is 0.333. The Hall–Kier alpha value is -1.53. The van der Waals surface area contributed by atoms with E-state index < -0.39 is 0 Å². The number of anilines is 2. The normalized spacial score (nSPS) is 18.7. The van der Waals surface area contributed by atoms with Crippen molar-refractivity contribution in [3.8, 4) is 0 Å². The molecule has 1 unspecified atom stereocenters. The van der Waals surface area contributed by atoms with E-state index in [-0.39, 0.29) is 23.6 Å². The van der Waals surface area contributed by atoms with Gasteiger partial charge in [-0.15, -0.1) is 11.8 Å². The van der Waals surface area contributed by atoms with Crippen molar-refractivity contribution < 1.29 is 9.59 Å². The number of benzene rings is 1. The molecule has 18 heavy (non-hydrogen) atoms. The Morgan fingerprint density at radius 1 is 1.56 bits per heavy atom. The zero-order valence-corrected chi connectivity index (χ0v) is 11.1. The van der Waals surface area contributed by atoms with E-state index in [0.717, 1.165) is 4.90 Å². The van der Waals surface area contributed by atoms with Gasteiger partial charge in [-0.25, -0.2) is 4.90 Å². The molecule has 1 atom stereocenters. The Morgan fingerprint density at radius 3 is 2.94 bits per heavy atom. The molecule has 1 aliphatic rings. The van der Waals surface area contributed by atoms with Crippen LogP contribution in [0.1, 0.15) is 6.92 Å². The summed E-state index contributed by atoms with van der Waals surface area (Å²) >= 11 is 1.45. The SMILES string of the molecule is CNCC(=O)N1C(=O)C(C)Sc2ccc(N)cc21. The summed E-state index contributed by atoms with van der Waals surface area (Å²) in [7, 11) is 1.67. The van der Waals surface area contributed by atoms with Gasteiger partial charge in [0.25, 0.3) is 0 Å². The first-order valence-electron chi connectivity index (χ1n) is 5.62. The Bertz CT molecular complexity index is 504. The number of thioether (sulfide) groups is 1. The molecule has 0 spiro atoms. The number of carbonyl (C=O) groups is 2. The highest BCUT2D eigenvalue weighted by molar-refractivity contribution is 8.01. The number of amides is 2. The van der Waals surface area contributed by atoms with Gasteiger partial charge in [-0.1, -0.05) is 0 Å². The van der Waals surface area contributed by atoms with E-state index in [1.807, 2.05) is 6.07 Å². The molecule has 3 N–H and O–H groups in total. The first-order valence-corrected chi connectivity index (χ1v) is 6.50. The lowest BCUT2D eigenvalue weighted by molar-refractivity contribution is -0.125. The molecule has 5 nitrogen and oxygen atoms in total. The summed E-state index contributed by atoms with van der Waals surface area (Å²) in [5.74, 6) is -0.458. The third-order valence-corrected chi connectivity index (χ3v) is 3.83. The molecule has 1 heterocycles. The van der Waals surface area contributed by atoms with Gasteiger partial charge in [0.15, 0.2) is 0 Å². The van der Waals surface area contributed by atoms with Gasteiger partial charge in [0.1, 0.15) is 0 Å². The number of fused-ring (bicyclic) bond motifs is 1. The predicted octanol–water partition coefficient (Wildman–Crippen LogP) is 0.842. The van der Waals surface area contributed by atoms with E-state index in [2.05, 4.69) is 5.32 Å². The second-order valence-electron chi connectivity index (χ2n) is 4.08. The first-order chi connectivity index (χ1) is 8.54. The van der Waals surface area contributed by atoms with E-state index >= 15 is 0 Å². The van der Waals surface area contributed by atoms with Crippen molar-refractivity contribution >= 4 is 35.0 Å². The smallest absolute Gasteiger partial charge is 0.247 e. The molecule has 1 aliphatic heterocycles. The number of likely N-dealkylation sites (N-methyl/N-ethyl adjacent to an activating group) is 1. The summed E-state index contributed by atoms with van der Waals surface area (Å²) in [5.41, 5.74) is 6.85. The van der Waals surface area contributed by atoms with Crippen molar-refractivity contribution in [2.45, 2.75) is 17.1 Å². The minimum Gasteiger partial charge on any atom is -0.399 e. The van der Waals surface area contributed by atoms with Crippen LogP contribution < -0.4 is 16.0 Å². The largest absolute Gasteiger partial charge is 0.399 e. The molecule has 0 aromatic heterocycles. The van der Waals surface area contributed by atoms with Crippen LogP contribution in [0.3, 0.4) is 0 Å². The van der Waals surface area contributed by atoms with Crippen LogP contribution in [-0.4, -0.2) is 30.7 Å². The highest BCUT2D eigenvalue weighted by Gasteiger charge is 2.34. The maximum absolute atomic E-state index is 12.1. The van der Waals surface area contributed by atoms with E-state index in [9.17, 15) is 9.59 Å². The second-order valence-corrected chi connectivity index (χ2v) is 5.47. The number of nitrogen functional groups attached to an aromatic ring is 1. The molecule has 0 bridgehead atoms. The van der Waals surface area contributed by atoms with Crippen LogP contribution in [-0.2, 0) is 9.59 Å². The standard InChI is InChI=1S/C12H15N3O2S/c1-7-12(17)15(11(16)6-14-2)9-5-8(13)3-4-10(9)18-7/h3-5,7,14H,6,13H2,1-2H3. The first kappa shape index (κ1) is 12.9. The van der Waals surface area contributed by atoms with Gasteiger partial charge in [0.2, 0.25) is 11.8 Å². The van der Waals surface area contributed by atoms with Crippen LogP contribution in [0.5, 0.6) is 0 Å². The molecule has 1 aromatic rings. The lowest BCUT2D eigenvalue weighted by Crippen LogP contribution is -2.47. The monoisotopic (exact) mass is 265 g/mol. The lowest BCUT2D eigenvalue weighted by atomic mass is 10.2. The van der Waals surface area contributed by atoms with Crippen molar-refractivity contribution in [2.24, 2.45) is 0 Å². The predicted molar refractivity (Wildman–Crippen MR) is 72.6 cm³/mol. The average molecular weight is 265 g/mol. The summed E-state index contributed by atoms with van der Waals surface area (Å²) < 4.78 is 0. The highest BCUT2D eigenvalue weighted by Crippen LogP contribution is 2.40. The fourth-order valence-corrected chi connectivity index (χ4v) is 2.84. The maximum atomic E-state index is 12.1. The van der Waals surface area contributed by atoms with Gasteiger partial charge < -0.3 is 11.1 Å². The summed E-state index contributed by atoms with van der Waals surface area (Å²) in [6.07, 6.45) is 0. The average Bonchev–Trinajstić information content (AvgIpc) is 2.31. The number of nitrogens with one attached hydrogen (secondary N) is 1. The number of hydrogen-bond donors (Lipinski definition) is 2. The van der Waals surface area contributed by atoms with Gasteiger partial charge in [-0.05, 0) is 32.2 Å². The lowest BCUT2D eigenvalue weighted by Gasteiger charge is -2.31. The van der Waals surface area contributed by atoms with Crippen LogP contribution in [0, 0.1) is 0 Å². The van der Waals surface area contributed by atoms with Crippen LogP contribution in [0.4, 0.5) is 11.4 Å². The maximum Gasteiger partial charge on any atom is 0.247 e. The van der Waals surface area contributed by atoms with Crippen molar-refractivity contribution in [1.82, 2.24) is 5.32 Å². The molecule has 96 valence electrons. The minimum atomic E-state index is -0.262. The number of nitrogens with two attached hydrogens (primary N) is 1. The summed E-state index contributed by atoms with van der Waals surface area (Å²) in [6.45, 7) is 1.92. The Balaban J connectivity index is 2.47. The van der Waals surface area contributed by atoms with Gasteiger partial charge in [0.05, 0.1) is 17.5 Å². The topological polar surface area (TPSA) is 75.4 Å². The quantitative estimate of drug-likeness (QED) is 0.775. The van der Waals surface area contributed by atoms with Crippen LogP contribution in [0.25, 0.3) is 0 Å². The molecule has 1 aromatic carbocycles. The molecule has 0 saturated carbocycles. The Morgan fingerprint density at radius 2 is 2.28 bits per heavy atom. The van der Waals surface area contributed by atoms with Crippen molar-refractivity contribution in [3.05, 3.63) is 18.2 Å². The number of imide groups is 1. The molecule has 0 fully saturated rings. The molecule has 0 aliphatic carbocycles. The van der Waals surface area contributed by atoms with Crippen LogP contribution >= 0.6 is 11.8 Å². The number of nitrogens with zero attached hydrogens (tertiary/aromatic N) is 1. The van der Waals surface area contributed by atoms with E-state index in [1.54, 1.807) is 26.1 Å². The number of rotatable bonds is 2. The molecule has 0 radical (unpaired) electrons. The molecule has 6 heteroatoms. The van der Waals surface area contributed by atoms with Gasteiger partial charge >= 0.3 is 0 Å². The zero-order valence-electron chi connectivity index (χ0n) is 10.3. The van der Waals surface area contributed by atoms with Gasteiger partial charge in [-0.3, -0.25) is 9.59 Å². The second kappa shape index (κ2) is 4.99. The summed E-state index contributed by atoms with van der Waals surface area (Å²) in [6, 6.07) is 5.28. The van der Waals surface area contributed by atoms with E-state index in [1.165, 1.54) is 16.7 Å². The van der Waals surface area contributed by atoms with E-state index in [4.69, 9.17) is 5.73 Å². The molecule has 2 rings (SSSR count). The zero-order chi connectivity index (χ0) is 13.3. The van der Waals surface area contributed by atoms with Crippen LogP contribution in [0.2, 0.25) is 0 Å². The fourth-order valence-electron chi connectivity index (χ4n) is 1.84. The number of hydrogen-bond acceptors (Lipinski definition) is 5. The third kappa shape index (κ3) is 2.21. The molecular formula is C12H15N3O2S. The van der Waals surface area contributed by atoms with Gasteiger partial charge in [0, 0.05) is 10.6 Å². The third-order valence-electron chi connectivity index (χ3n) is 2.67. The summed E-state index contributed by atoms with van der Waals surface area (Å²) in [5, 5.41) is 2.50. The van der Waals surface area contributed by atoms with Crippen LogP contribution in [0.15, 0.2) is 23.1 Å².